The number of hydrogen-bond donors (Lipinski definition) is 2. The van der Waals surface area contributed by atoms with Gasteiger partial charge in [-0.25, -0.2) is 9.59 Å². The molecule has 0 spiro atoms. The van der Waals surface area contributed by atoms with E-state index < -0.39 is 5.97 Å². The van der Waals surface area contributed by atoms with Gasteiger partial charge >= 0.3 is 12.0 Å². The molecule has 2 aromatic carbocycles. The average Bonchev–Trinajstić information content (AvgIpc) is 3.18. The lowest BCUT2D eigenvalue weighted by molar-refractivity contribution is 0.0602. The molecule has 28 heavy (non-hydrogen) atoms. The fraction of sp³-hybridized carbons (Fsp3) is 0.273. The number of benzene rings is 2. The topological polar surface area (TPSA) is 74.4 Å². The monoisotopic (exact) mass is 377 g/mol. The number of nitrogens with zero attached hydrogens (tertiary/aromatic N) is 1. The number of fused-ring (bicyclic) bond motifs is 1. The Morgan fingerprint density at radius 2 is 1.79 bits per heavy atom. The number of esters is 1. The number of carbonyl (C=O) groups is 2. The second-order valence-corrected chi connectivity index (χ2v) is 7.04. The number of H-pyrrole nitrogens is 1. The molecule has 1 fully saturated rings. The van der Waals surface area contributed by atoms with Gasteiger partial charge in [0, 0.05) is 30.2 Å². The minimum absolute atomic E-state index is 0.188. The van der Waals surface area contributed by atoms with Gasteiger partial charge in [0.15, 0.2) is 0 Å². The van der Waals surface area contributed by atoms with Gasteiger partial charge in [0.1, 0.15) is 0 Å². The van der Waals surface area contributed by atoms with Crippen LogP contribution in [0.25, 0.3) is 10.9 Å². The molecular formula is C22H23N3O3. The zero-order chi connectivity index (χ0) is 19.5. The number of likely N-dealkylation sites (tertiary alicyclic amines) is 1. The third kappa shape index (κ3) is 3.58. The number of para-hydroxylation sites is 2. The summed E-state index contributed by atoms with van der Waals surface area (Å²) >= 11 is 0. The number of ether oxygens (including phenoxy) is 1. The van der Waals surface area contributed by atoms with Crippen LogP contribution < -0.4 is 5.32 Å². The number of nitrogens with one attached hydrogen (secondary N) is 2. The van der Waals surface area contributed by atoms with Gasteiger partial charge in [-0.1, -0.05) is 30.3 Å². The molecule has 1 aliphatic heterocycles. The van der Waals surface area contributed by atoms with Crippen molar-refractivity contribution in [2.24, 2.45) is 0 Å². The molecule has 1 saturated heterocycles. The number of hydrogen-bond acceptors (Lipinski definition) is 3. The van der Waals surface area contributed by atoms with E-state index in [1.807, 2.05) is 12.1 Å². The second-order valence-electron chi connectivity index (χ2n) is 7.04. The minimum atomic E-state index is -0.464. The maximum absolute atomic E-state index is 12.7. The summed E-state index contributed by atoms with van der Waals surface area (Å²) < 4.78 is 4.78. The highest BCUT2D eigenvalue weighted by atomic mass is 16.5. The number of methoxy groups -OCH3 is 1. The molecule has 2 N–H and O–H groups in total. The molecule has 0 atom stereocenters. The van der Waals surface area contributed by atoms with E-state index in [9.17, 15) is 9.59 Å². The average molecular weight is 377 g/mol. The number of rotatable bonds is 3. The van der Waals surface area contributed by atoms with Gasteiger partial charge in [-0.15, -0.1) is 0 Å². The maximum Gasteiger partial charge on any atom is 0.339 e. The summed E-state index contributed by atoms with van der Waals surface area (Å²) in [7, 11) is 1.33. The standard InChI is InChI=1S/C22H23N3O3/c1-28-21(26)17-7-3-5-9-19(17)24-22(27)25-12-10-15(11-13-25)20-14-16-6-2-4-8-18(16)23-20/h2-9,14-15,23H,10-13H2,1H3,(H,24,27). The quantitative estimate of drug-likeness (QED) is 0.666. The number of anilines is 1. The largest absolute Gasteiger partial charge is 0.465 e. The first kappa shape index (κ1) is 18.1. The lowest BCUT2D eigenvalue weighted by atomic mass is 9.94. The van der Waals surface area contributed by atoms with Gasteiger partial charge < -0.3 is 19.9 Å². The van der Waals surface area contributed by atoms with Crippen molar-refractivity contribution in [1.82, 2.24) is 9.88 Å². The van der Waals surface area contributed by atoms with Crippen LogP contribution in [0.1, 0.15) is 34.8 Å². The van der Waals surface area contributed by atoms with Crippen LogP contribution in [-0.2, 0) is 4.74 Å². The zero-order valence-electron chi connectivity index (χ0n) is 15.8. The van der Waals surface area contributed by atoms with Crippen LogP contribution in [0.5, 0.6) is 0 Å². The molecular weight excluding hydrogens is 354 g/mol. The molecule has 6 heteroatoms. The molecule has 144 valence electrons. The number of piperidine rings is 1. The SMILES string of the molecule is COC(=O)c1ccccc1NC(=O)N1CCC(c2cc3ccccc3[nH]2)CC1. The summed E-state index contributed by atoms with van der Waals surface area (Å²) in [5.74, 6) is -0.0489. The first-order chi connectivity index (χ1) is 13.7. The molecule has 0 radical (unpaired) electrons. The van der Waals surface area contributed by atoms with Crippen molar-refractivity contribution in [2.75, 3.05) is 25.5 Å². The van der Waals surface area contributed by atoms with E-state index >= 15 is 0 Å². The predicted octanol–water partition coefficient (Wildman–Crippen LogP) is 4.37. The van der Waals surface area contributed by atoms with Crippen molar-refractivity contribution < 1.29 is 14.3 Å². The Labute approximate surface area is 163 Å². The summed E-state index contributed by atoms with van der Waals surface area (Å²) in [6.07, 6.45) is 1.80. The van der Waals surface area contributed by atoms with Crippen molar-refractivity contribution in [3.05, 3.63) is 65.9 Å². The molecule has 3 aromatic rings. The van der Waals surface area contributed by atoms with E-state index in [1.165, 1.54) is 18.2 Å². The Balaban J connectivity index is 1.40. The Morgan fingerprint density at radius 1 is 1.07 bits per heavy atom. The normalized spacial score (nSPS) is 14.8. The summed E-state index contributed by atoms with van der Waals surface area (Å²) in [5.41, 5.74) is 3.21. The molecule has 0 bridgehead atoms. The number of carbonyl (C=O) groups excluding carboxylic acids is 2. The van der Waals surface area contributed by atoms with Crippen LogP contribution in [0.3, 0.4) is 0 Å². The van der Waals surface area contributed by atoms with Gasteiger partial charge in [-0.3, -0.25) is 0 Å². The number of urea groups is 1. The van der Waals surface area contributed by atoms with E-state index in [2.05, 4.69) is 28.5 Å². The van der Waals surface area contributed by atoms with Gasteiger partial charge in [0.05, 0.1) is 18.4 Å². The smallest absolute Gasteiger partial charge is 0.339 e. The molecule has 0 aliphatic carbocycles. The summed E-state index contributed by atoms with van der Waals surface area (Å²) in [6.45, 7) is 1.35. The highest BCUT2D eigenvalue weighted by molar-refractivity contribution is 6.00. The molecule has 1 aliphatic rings. The lowest BCUT2D eigenvalue weighted by Crippen LogP contribution is -2.40. The highest BCUT2D eigenvalue weighted by Crippen LogP contribution is 2.30. The van der Waals surface area contributed by atoms with E-state index in [-0.39, 0.29) is 6.03 Å². The number of aromatic nitrogens is 1. The second kappa shape index (κ2) is 7.76. The van der Waals surface area contributed by atoms with Crippen molar-refractivity contribution in [1.29, 1.82) is 0 Å². The number of aromatic amines is 1. The summed E-state index contributed by atoms with van der Waals surface area (Å²) in [6, 6.07) is 17.2. The Hall–Kier alpha value is -3.28. The fourth-order valence-corrected chi connectivity index (χ4v) is 3.78. The third-order valence-corrected chi connectivity index (χ3v) is 5.35. The van der Waals surface area contributed by atoms with Crippen LogP contribution in [0, 0.1) is 0 Å². The van der Waals surface area contributed by atoms with Gasteiger partial charge in [0.2, 0.25) is 0 Å². The van der Waals surface area contributed by atoms with E-state index in [1.54, 1.807) is 29.2 Å². The van der Waals surface area contributed by atoms with Crippen LogP contribution in [0.4, 0.5) is 10.5 Å². The third-order valence-electron chi connectivity index (χ3n) is 5.35. The van der Waals surface area contributed by atoms with Crippen LogP contribution in [0.15, 0.2) is 54.6 Å². The molecule has 2 heterocycles. The molecule has 1 aromatic heterocycles. The van der Waals surface area contributed by atoms with Gasteiger partial charge in [0.25, 0.3) is 0 Å². The van der Waals surface area contributed by atoms with Gasteiger partial charge in [-0.05, 0) is 42.5 Å². The van der Waals surface area contributed by atoms with Crippen molar-refractivity contribution in [3.8, 4) is 0 Å². The van der Waals surface area contributed by atoms with Crippen molar-refractivity contribution in [2.45, 2.75) is 18.8 Å². The van der Waals surface area contributed by atoms with Crippen LogP contribution >= 0.6 is 0 Å². The Morgan fingerprint density at radius 3 is 2.54 bits per heavy atom. The van der Waals surface area contributed by atoms with Crippen LogP contribution in [-0.4, -0.2) is 42.1 Å². The number of amides is 2. The van der Waals surface area contributed by atoms with Crippen LogP contribution in [0.2, 0.25) is 0 Å². The van der Waals surface area contributed by atoms with Crippen molar-refractivity contribution >= 4 is 28.6 Å². The molecule has 2 amide bonds. The van der Waals surface area contributed by atoms with Crippen molar-refractivity contribution in [3.63, 3.8) is 0 Å². The lowest BCUT2D eigenvalue weighted by Gasteiger charge is -2.31. The zero-order valence-corrected chi connectivity index (χ0v) is 15.8. The summed E-state index contributed by atoms with van der Waals surface area (Å²) in [4.78, 5) is 29.8. The summed E-state index contributed by atoms with van der Waals surface area (Å²) in [5, 5.41) is 4.07. The van der Waals surface area contributed by atoms with E-state index in [4.69, 9.17) is 4.74 Å². The first-order valence-corrected chi connectivity index (χ1v) is 9.46. The maximum atomic E-state index is 12.7. The molecule has 4 rings (SSSR count). The molecule has 0 saturated carbocycles. The van der Waals surface area contributed by atoms with Gasteiger partial charge in [-0.2, -0.15) is 0 Å². The first-order valence-electron chi connectivity index (χ1n) is 9.46. The predicted molar refractivity (Wildman–Crippen MR) is 109 cm³/mol. The molecule has 6 nitrogen and oxygen atoms in total. The Bertz CT molecular complexity index is 970. The van der Waals surface area contributed by atoms with E-state index in [0.717, 1.165) is 18.4 Å². The fourth-order valence-electron chi connectivity index (χ4n) is 3.78. The van der Waals surface area contributed by atoms with E-state index in [0.29, 0.717) is 30.3 Å². The minimum Gasteiger partial charge on any atom is -0.465 e. The Kier molecular flexibility index (Phi) is 5.02. The highest BCUT2D eigenvalue weighted by Gasteiger charge is 2.25. The molecule has 0 unspecified atom stereocenters.